The molecule has 1 fully saturated rings. The molecule has 1 aliphatic carbocycles. The molecule has 2 rings (SSSR count). The van der Waals surface area contributed by atoms with Gasteiger partial charge in [0.2, 0.25) is 11.8 Å². The molecule has 94 valence electrons. The first-order chi connectivity index (χ1) is 8.19. The number of ether oxygens (including phenoxy) is 1. The number of aryl methyl sites for hydroxylation is 1. The molecular formula is C12H20N4O. The lowest BCUT2D eigenvalue weighted by molar-refractivity contribution is 0.396. The minimum atomic E-state index is 0.314. The van der Waals surface area contributed by atoms with Crippen molar-refractivity contribution in [3.63, 3.8) is 0 Å². The molecule has 2 unspecified atom stereocenters. The van der Waals surface area contributed by atoms with Crippen LogP contribution in [0, 0.1) is 12.8 Å². The van der Waals surface area contributed by atoms with Gasteiger partial charge in [-0.3, -0.25) is 0 Å². The summed E-state index contributed by atoms with van der Waals surface area (Å²) in [5.74, 6) is 1.75. The second-order valence-electron chi connectivity index (χ2n) is 4.61. The van der Waals surface area contributed by atoms with Gasteiger partial charge in [-0.1, -0.05) is 6.42 Å². The number of aromatic nitrogens is 2. The zero-order chi connectivity index (χ0) is 12.3. The molecule has 2 atom stereocenters. The van der Waals surface area contributed by atoms with Crippen LogP contribution in [0.5, 0.6) is 5.88 Å². The molecule has 5 heteroatoms. The summed E-state index contributed by atoms with van der Waals surface area (Å²) in [6.45, 7) is 2.77. The summed E-state index contributed by atoms with van der Waals surface area (Å²) in [5, 5.41) is 3.25. The van der Waals surface area contributed by atoms with Gasteiger partial charge in [-0.2, -0.15) is 4.98 Å². The van der Waals surface area contributed by atoms with Crippen LogP contribution in [0.15, 0.2) is 6.07 Å². The highest BCUT2D eigenvalue weighted by atomic mass is 16.5. The molecule has 0 aliphatic heterocycles. The Hall–Kier alpha value is -1.36. The predicted octanol–water partition coefficient (Wildman–Crippen LogP) is 1.33. The second-order valence-corrected chi connectivity index (χ2v) is 4.61. The Morgan fingerprint density at radius 3 is 2.94 bits per heavy atom. The van der Waals surface area contributed by atoms with Crippen molar-refractivity contribution < 1.29 is 4.74 Å². The zero-order valence-electron chi connectivity index (χ0n) is 10.4. The summed E-state index contributed by atoms with van der Waals surface area (Å²) in [6, 6.07) is 2.13. The van der Waals surface area contributed by atoms with Gasteiger partial charge in [0.05, 0.1) is 7.11 Å². The van der Waals surface area contributed by atoms with Gasteiger partial charge in [0, 0.05) is 24.3 Å². The van der Waals surface area contributed by atoms with E-state index in [1.807, 2.05) is 13.0 Å². The van der Waals surface area contributed by atoms with E-state index in [-0.39, 0.29) is 0 Å². The molecule has 1 saturated carbocycles. The highest BCUT2D eigenvalue weighted by molar-refractivity contribution is 5.30. The topological polar surface area (TPSA) is 73.1 Å². The molecule has 0 saturated heterocycles. The van der Waals surface area contributed by atoms with E-state index in [0.717, 1.165) is 18.7 Å². The predicted molar refractivity (Wildman–Crippen MR) is 67.1 cm³/mol. The van der Waals surface area contributed by atoms with E-state index in [0.29, 0.717) is 23.8 Å². The van der Waals surface area contributed by atoms with Gasteiger partial charge in [-0.05, 0) is 25.7 Å². The van der Waals surface area contributed by atoms with Crippen molar-refractivity contribution in [1.82, 2.24) is 9.97 Å². The lowest BCUT2D eigenvalue weighted by Crippen LogP contribution is -2.30. The molecule has 0 spiro atoms. The number of hydrogen-bond donors (Lipinski definition) is 2. The van der Waals surface area contributed by atoms with E-state index in [4.69, 9.17) is 10.5 Å². The highest BCUT2D eigenvalue weighted by Crippen LogP contribution is 2.24. The molecule has 1 aromatic heterocycles. The maximum atomic E-state index is 6.02. The van der Waals surface area contributed by atoms with Crippen LogP contribution < -0.4 is 15.8 Å². The van der Waals surface area contributed by atoms with Crippen molar-refractivity contribution in [3.05, 3.63) is 11.8 Å². The van der Waals surface area contributed by atoms with Crippen LogP contribution in [0.1, 0.15) is 25.0 Å². The maximum absolute atomic E-state index is 6.02. The molecule has 0 bridgehead atoms. The zero-order valence-corrected chi connectivity index (χ0v) is 10.4. The quantitative estimate of drug-likeness (QED) is 0.825. The molecule has 1 aromatic rings. The van der Waals surface area contributed by atoms with E-state index >= 15 is 0 Å². The summed E-state index contributed by atoms with van der Waals surface area (Å²) in [4.78, 5) is 8.58. The number of methoxy groups -OCH3 is 1. The third-order valence-electron chi connectivity index (χ3n) is 3.28. The van der Waals surface area contributed by atoms with Crippen LogP contribution in [0.3, 0.4) is 0 Å². The number of nitrogens with two attached hydrogens (primary N) is 1. The first kappa shape index (κ1) is 12.1. The fraction of sp³-hybridized carbons (Fsp3) is 0.667. The lowest BCUT2D eigenvalue weighted by atomic mass is 10.1. The van der Waals surface area contributed by atoms with Crippen LogP contribution in [-0.4, -0.2) is 29.7 Å². The molecule has 3 N–H and O–H groups in total. The first-order valence-electron chi connectivity index (χ1n) is 6.08. The molecule has 0 amide bonds. The number of nitrogens with zero attached hydrogens (tertiary/aromatic N) is 2. The van der Waals surface area contributed by atoms with Crippen LogP contribution >= 0.6 is 0 Å². The SMILES string of the molecule is COc1cc(C)nc(NCC2CCCC2N)n1. The summed E-state index contributed by atoms with van der Waals surface area (Å²) >= 11 is 0. The number of hydrogen-bond acceptors (Lipinski definition) is 5. The number of rotatable bonds is 4. The third kappa shape index (κ3) is 3.06. The monoisotopic (exact) mass is 236 g/mol. The Morgan fingerprint density at radius 2 is 2.29 bits per heavy atom. The van der Waals surface area contributed by atoms with Crippen molar-refractivity contribution >= 4 is 5.95 Å². The van der Waals surface area contributed by atoms with Crippen LogP contribution in [0.4, 0.5) is 5.95 Å². The largest absolute Gasteiger partial charge is 0.481 e. The average molecular weight is 236 g/mol. The van der Waals surface area contributed by atoms with Gasteiger partial charge in [0.15, 0.2) is 0 Å². The first-order valence-corrected chi connectivity index (χ1v) is 6.08. The molecule has 0 aromatic carbocycles. The fourth-order valence-electron chi connectivity index (χ4n) is 2.26. The number of anilines is 1. The molecular weight excluding hydrogens is 216 g/mol. The van der Waals surface area contributed by atoms with E-state index in [1.165, 1.54) is 12.8 Å². The summed E-state index contributed by atoms with van der Waals surface area (Å²) < 4.78 is 5.11. The smallest absolute Gasteiger partial charge is 0.226 e. The van der Waals surface area contributed by atoms with Gasteiger partial charge in [0.25, 0.3) is 0 Å². The van der Waals surface area contributed by atoms with Gasteiger partial charge >= 0.3 is 0 Å². The lowest BCUT2D eigenvalue weighted by Gasteiger charge is -2.16. The molecule has 17 heavy (non-hydrogen) atoms. The number of nitrogens with one attached hydrogen (secondary N) is 1. The average Bonchev–Trinajstić information content (AvgIpc) is 2.71. The van der Waals surface area contributed by atoms with Crippen molar-refractivity contribution in [3.8, 4) is 5.88 Å². The normalized spacial score (nSPS) is 23.7. The Bertz CT molecular complexity index is 383. The second kappa shape index (κ2) is 5.31. The Kier molecular flexibility index (Phi) is 3.78. The molecule has 0 radical (unpaired) electrons. The van der Waals surface area contributed by atoms with Crippen molar-refractivity contribution in [1.29, 1.82) is 0 Å². The maximum Gasteiger partial charge on any atom is 0.226 e. The Morgan fingerprint density at radius 1 is 1.47 bits per heavy atom. The Labute approximate surface area is 102 Å². The van der Waals surface area contributed by atoms with E-state index in [2.05, 4.69) is 15.3 Å². The highest BCUT2D eigenvalue weighted by Gasteiger charge is 2.23. The van der Waals surface area contributed by atoms with Gasteiger partial charge in [-0.15, -0.1) is 0 Å². The van der Waals surface area contributed by atoms with E-state index in [1.54, 1.807) is 7.11 Å². The summed E-state index contributed by atoms with van der Waals surface area (Å²) in [6.07, 6.45) is 3.55. The van der Waals surface area contributed by atoms with Gasteiger partial charge in [-0.25, -0.2) is 4.98 Å². The molecule has 5 nitrogen and oxygen atoms in total. The molecule has 1 heterocycles. The molecule has 1 aliphatic rings. The van der Waals surface area contributed by atoms with Gasteiger partial charge < -0.3 is 15.8 Å². The van der Waals surface area contributed by atoms with Crippen LogP contribution in [0.25, 0.3) is 0 Å². The van der Waals surface area contributed by atoms with Crippen LogP contribution in [0.2, 0.25) is 0 Å². The third-order valence-corrected chi connectivity index (χ3v) is 3.28. The van der Waals surface area contributed by atoms with Gasteiger partial charge in [0.1, 0.15) is 0 Å². The van der Waals surface area contributed by atoms with Crippen molar-refractivity contribution in [2.75, 3.05) is 19.0 Å². The fourth-order valence-corrected chi connectivity index (χ4v) is 2.26. The van der Waals surface area contributed by atoms with E-state index in [9.17, 15) is 0 Å². The standard InChI is InChI=1S/C12H20N4O/c1-8-6-11(17-2)16-12(15-8)14-7-9-4-3-5-10(9)13/h6,9-10H,3-5,7,13H2,1-2H3,(H,14,15,16). The Balaban J connectivity index is 1.96. The minimum Gasteiger partial charge on any atom is -0.481 e. The van der Waals surface area contributed by atoms with Crippen molar-refractivity contribution in [2.45, 2.75) is 32.2 Å². The van der Waals surface area contributed by atoms with Crippen LogP contribution in [-0.2, 0) is 0 Å². The minimum absolute atomic E-state index is 0.314. The summed E-state index contributed by atoms with van der Waals surface area (Å²) in [5.41, 5.74) is 6.92. The van der Waals surface area contributed by atoms with E-state index < -0.39 is 0 Å². The van der Waals surface area contributed by atoms with Crippen molar-refractivity contribution in [2.24, 2.45) is 11.7 Å². The summed E-state index contributed by atoms with van der Waals surface area (Å²) in [7, 11) is 1.61.